The molecule has 0 radical (unpaired) electrons. The summed E-state index contributed by atoms with van der Waals surface area (Å²) in [5.41, 5.74) is 2.84. The molecule has 4 aromatic rings. The number of tetrazole rings is 1. The lowest BCUT2D eigenvalue weighted by Crippen LogP contribution is -2.05. The van der Waals surface area contributed by atoms with Gasteiger partial charge in [-0.1, -0.05) is 50.1 Å². The minimum atomic E-state index is -3.25. The Morgan fingerprint density at radius 3 is 2.53 bits per heavy atom. The van der Waals surface area contributed by atoms with Gasteiger partial charge < -0.3 is 4.57 Å². The molecule has 10 heteroatoms. The summed E-state index contributed by atoms with van der Waals surface area (Å²) in [5, 5.41) is 13.0. The number of imidazole rings is 1. The average Bonchev–Trinajstić information content (AvgIpc) is 3.39. The molecule has 2 aromatic carbocycles. The van der Waals surface area contributed by atoms with E-state index in [1.165, 1.54) is 25.5 Å². The SMILES string of the molecule is CCCCCCn1c(SCc2nnnn2-c2ccc(S(C)(=O)=O)cc2)nc2ccccc21. The number of rotatable bonds is 10. The van der Waals surface area contributed by atoms with Gasteiger partial charge in [-0.25, -0.2) is 13.4 Å². The number of thioether (sulfide) groups is 1. The lowest BCUT2D eigenvalue weighted by atomic mass is 10.2. The van der Waals surface area contributed by atoms with Gasteiger partial charge in [-0.15, -0.1) is 5.10 Å². The van der Waals surface area contributed by atoms with E-state index in [-0.39, 0.29) is 4.90 Å². The number of hydrogen-bond acceptors (Lipinski definition) is 7. The summed E-state index contributed by atoms with van der Waals surface area (Å²) in [6.45, 7) is 3.15. The standard InChI is InChI=1S/C22H26N6O2S2/c1-3-4-5-8-15-27-20-10-7-6-9-19(20)23-22(27)31-16-21-24-25-26-28(21)17-11-13-18(14-12-17)32(2,29)30/h6-7,9-14H,3-5,8,15-16H2,1-2H3. The second-order valence-electron chi connectivity index (χ2n) is 7.66. The summed E-state index contributed by atoms with van der Waals surface area (Å²) in [7, 11) is -3.25. The number of aryl methyl sites for hydroxylation is 1. The van der Waals surface area contributed by atoms with Gasteiger partial charge in [0.15, 0.2) is 20.8 Å². The van der Waals surface area contributed by atoms with E-state index in [0.717, 1.165) is 29.2 Å². The van der Waals surface area contributed by atoms with Crippen molar-refractivity contribution in [2.24, 2.45) is 0 Å². The first kappa shape index (κ1) is 22.5. The molecule has 0 spiro atoms. The van der Waals surface area contributed by atoms with E-state index in [9.17, 15) is 8.42 Å². The van der Waals surface area contributed by atoms with E-state index in [4.69, 9.17) is 4.98 Å². The van der Waals surface area contributed by atoms with Crippen LogP contribution >= 0.6 is 11.8 Å². The van der Waals surface area contributed by atoms with Gasteiger partial charge in [-0.05, 0) is 53.2 Å². The van der Waals surface area contributed by atoms with Gasteiger partial charge in [-0.3, -0.25) is 0 Å². The fraction of sp³-hybridized carbons (Fsp3) is 0.364. The summed E-state index contributed by atoms with van der Waals surface area (Å²) in [4.78, 5) is 5.10. The lowest BCUT2D eigenvalue weighted by Gasteiger charge is -2.09. The van der Waals surface area contributed by atoms with E-state index in [2.05, 4.69) is 33.1 Å². The molecule has 0 saturated heterocycles. The van der Waals surface area contributed by atoms with Gasteiger partial charge in [0.2, 0.25) is 0 Å². The van der Waals surface area contributed by atoms with E-state index >= 15 is 0 Å². The number of sulfone groups is 1. The van der Waals surface area contributed by atoms with Crippen LogP contribution in [0.15, 0.2) is 58.6 Å². The molecule has 168 valence electrons. The Kier molecular flexibility index (Phi) is 6.90. The zero-order chi connectivity index (χ0) is 22.6. The molecule has 0 N–H and O–H groups in total. The highest BCUT2D eigenvalue weighted by molar-refractivity contribution is 7.98. The minimum absolute atomic E-state index is 0.266. The molecule has 0 fully saturated rings. The maximum Gasteiger partial charge on any atom is 0.175 e. The zero-order valence-electron chi connectivity index (χ0n) is 18.2. The van der Waals surface area contributed by atoms with E-state index in [1.54, 1.807) is 40.7 Å². The molecule has 32 heavy (non-hydrogen) atoms. The van der Waals surface area contributed by atoms with Gasteiger partial charge in [-0.2, -0.15) is 4.68 Å². The molecule has 0 aliphatic carbocycles. The molecule has 2 heterocycles. The van der Waals surface area contributed by atoms with Crippen molar-refractivity contribution in [1.82, 2.24) is 29.8 Å². The third-order valence-electron chi connectivity index (χ3n) is 5.23. The van der Waals surface area contributed by atoms with Crippen LogP contribution in [0.25, 0.3) is 16.7 Å². The van der Waals surface area contributed by atoms with Crippen molar-refractivity contribution < 1.29 is 8.42 Å². The molecule has 0 aliphatic heterocycles. The summed E-state index contributed by atoms with van der Waals surface area (Å²) in [5.74, 6) is 1.21. The van der Waals surface area contributed by atoms with Crippen molar-refractivity contribution >= 4 is 32.6 Å². The molecular formula is C22H26N6O2S2. The molecule has 4 rings (SSSR count). The fourth-order valence-corrected chi connectivity index (χ4v) is 5.11. The fourth-order valence-electron chi connectivity index (χ4n) is 3.54. The van der Waals surface area contributed by atoms with Crippen LogP contribution in [0.2, 0.25) is 0 Å². The number of hydrogen-bond donors (Lipinski definition) is 0. The number of fused-ring (bicyclic) bond motifs is 1. The van der Waals surface area contributed by atoms with Gasteiger partial charge >= 0.3 is 0 Å². The molecule has 2 aromatic heterocycles. The lowest BCUT2D eigenvalue weighted by molar-refractivity contribution is 0.563. The number of para-hydroxylation sites is 2. The highest BCUT2D eigenvalue weighted by atomic mass is 32.2. The van der Waals surface area contributed by atoms with Gasteiger partial charge in [0.25, 0.3) is 0 Å². The number of aromatic nitrogens is 6. The Labute approximate surface area is 192 Å². The Bertz CT molecular complexity index is 1300. The molecule has 0 bridgehead atoms. The Hall–Kier alpha value is -2.72. The monoisotopic (exact) mass is 470 g/mol. The first-order valence-electron chi connectivity index (χ1n) is 10.6. The van der Waals surface area contributed by atoms with Crippen molar-refractivity contribution in [3.05, 3.63) is 54.4 Å². The second-order valence-corrected chi connectivity index (χ2v) is 10.6. The van der Waals surface area contributed by atoms with Crippen LogP contribution in [0.3, 0.4) is 0 Å². The van der Waals surface area contributed by atoms with Crippen LogP contribution in [-0.2, 0) is 22.1 Å². The minimum Gasteiger partial charge on any atom is -0.319 e. The topological polar surface area (TPSA) is 95.6 Å². The number of benzene rings is 2. The molecule has 0 saturated carbocycles. The highest BCUT2D eigenvalue weighted by Crippen LogP contribution is 2.27. The Morgan fingerprint density at radius 1 is 1.00 bits per heavy atom. The zero-order valence-corrected chi connectivity index (χ0v) is 19.8. The molecular weight excluding hydrogens is 444 g/mol. The van der Waals surface area contributed by atoms with Crippen LogP contribution < -0.4 is 0 Å². The van der Waals surface area contributed by atoms with E-state index in [1.807, 2.05) is 18.2 Å². The van der Waals surface area contributed by atoms with Gasteiger partial charge in [0.05, 0.1) is 27.4 Å². The second kappa shape index (κ2) is 9.83. The van der Waals surface area contributed by atoms with Crippen molar-refractivity contribution in [2.45, 2.75) is 55.0 Å². The van der Waals surface area contributed by atoms with E-state index in [0.29, 0.717) is 17.3 Å². The van der Waals surface area contributed by atoms with Crippen LogP contribution in [0.4, 0.5) is 0 Å². The maximum absolute atomic E-state index is 11.7. The van der Waals surface area contributed by atoms with Crippen LogP contribution in [0.5, 0.6) is 0 Å². The largest absolute Gasteiger partial charge is 0.319 e. The summed E-state index contributed by atoms with van der Waals surface area (Å²) >= 11 is 1.60. The van der Waals surface area contributed by atoms with Gasteiger partial charge in [0, 0.05) is 12.8 Å². The van der Waals surface area contributed by atoms with Crippen molar-refractivity contribution in [3.63, 3.8) is 0 Å². The summed E-state index contributed by atoms with van der Waals surface area (Å²) in [6, 6.07) is 14.8. The smallest absolute Gasteiger partial charge is 0.175 e. The van der Waals surface area contributed by atoms with Crippen molar-refractivity contribution in [2.75, 3.05) is 6.26 Å². The van der Waals surface area contributed by atoms with Crippen molar-refractivity contribution in [1.29, 1.82) is 0 Å². The molecule has 0 unspecified atom stereocenters. The number of unbranched alkanes of at least 4 members (excludes halogenated alkanes) is 3. The van der Waals surface area contributed by atoms with Crippen molar-refractivity contribution in [3.8, 4) is 5.69 Å². The van der Waals surface area contributed by atoms with Crippen LogP contribution in [-0.4, -0.2) is 44.4 Å². The first-order valence-corrected chi connectivity index (χ1v) is 13.5. The summed E-state index contributed by atoms with van der Waals surface area (Å²) < 4.78 is 27.3. The van der Waals surface area contributed by atoms with Crippen LogP contribution in [0.1, 0.15) is 38.4 Å². The predicted octanol–water partition coefficient (Wildman–Crippen LogP) is 4.29. The summed E-state index contributed by atoms with van der Waals surface area (Å²) in [6.07, 6.45) is 5.96. The third-order valence-corrected chi connectivity index (χ3v) is 7.33. The molecule has 8 nitrogen and oxygen atoms in total. The Morgan fingerprint density at radius 2 is 1.78 bits per heavy atom. The highest BCUT2D eigenvalue weighted by Gasteiger charge is 2.15. The number of nitrogens with zero attached hydrogens (tertiary/aromatic N) is 6. The molecule has 0 aliphatic rings. The molecule has 0 atom stereocenters. The van der Waals surface area contributed by atoms with Crippen LogP contribution in [0, 0.1) is 0 Å². The average molecular weight is 471 g/mol. The Balaban J connectivity index is 1.54. The van der Waals surface area contributed by atoms with Gasteiger partial charge in [0.1, 0.15) is 0 Å². The maximum atomic E-state index is 11.7. The normalized spacial score (nSPS) is 11.9. The predicted molar refractivity (Wildman–Crippen MR) is 126 cm³/mol. The quantitative estimate of drug-likeness (QED) is 0.252. The molecule has 0 amide bonds. The first-order chi connectivity index (χ1) is 15.5. The van der Waals surface area contributed by atoms with E-state index < -0.39 is 9.84 Å². The third kappa shape index (κ3) is 5.02.